The van der Waals surface area contributed by atoms with Gasteiger partial charge in [-0.05, 0) is 36.6 Å². The molecule has 6 heteroatoms. The standard InChI is InChI=1S/C18H20BrNO4/c1-22-17(21)15-5-8-24-16(15)12-20-18(6-9-23-10-7-18)13-3-2-4-14(19)11-13/h2-5,8,11,20H,6-7,9-10,12H2,1H3. The number of methoxy groups -OCH3 is 1. The highest BCUT2D eigenvalue weighted by molar-refractivity contribution is 9.10. The molecular weight excluding hydrogens is 374 g/mol. The van der Waals surface area contributed by atoms with Crippen LogP contribution in [0.1, 0.15) is 34.5 Å². The first kappa shape index (κ1) is 17.2. The lowest BCUT2D eigenvalue weighted by Gasteiger charge is -2.38. The molecule has 1 saturated heterocycles. The maximum atomic E-state index is 11.8. The van der Waals surface area contributed by atoms with Crippen LogP contribution >= 0.6 is 15.9 Å². The van der Waals surface area contributed by atoms with Gasteiger partial charge in [-0.2, -0.15) is 0 Å². The molecule has 24 heavy (non-hydrogen) atoms. The lowest BCUT2D eigenvalue weighted by Crippen LogP contribution is -2.46. The van der Waals surface area contributed by atoms with E-state index in [2.05, 4.69) is 33.4 Å². The monoisotopic (exact) mass is 393 g/mol. The number of rotatable bonds is 5. The number of nitrogens with one attached hydrogen (secondary N) is 1. The van der Waals surface area contributed by atoms with Crippen molar-refractivity contribution < 1.29 is 18.7 Å². The Morgan fingerprint density at radius 2 is 2.12 bits per heavy atom. The van der Waals surface area contributed by atoms with Crippen LogP contribution in [0.2, 0.25) is 0 Å². The molecule has 1 aliphatic heterocycles. The van der Waals surface area contributed by atoms with E-state index in [1.165, 1.54) is 18.9 Å². The second-order valence-corrected chi connectivity index (χ2v) is 6.72. The van der Waals surface area contributed by atoms with Gasteiger partial charge in [-0.3, -0.25) is 0 Å². The van der Waals surface area contributed by atoms with Gasteiger partial charge in [-0.25, -0.2) is 4.79 Å². The van der Waals surface area contributed by atoms with Gasteiger partial charge in [0.25, 0.3) is 0 Å². The highest BCUT2D eigenvalue weighted by Crippen LogP contribution is 2.34. The minimum absolute atomic E-state index is 0.206. The maximum absolute atomic E-state index is 11.8. The summed E-state index contributed by atoms with van der Waals surface area (Å²) in [5.41, 5.74) is 1.45. The van der Waals surface area contributed by atoms with Gasteiger partial charge < -0.3 is 19.2 Å². The van der Waals surface area contributed by atoms with Crippen LogP contribution in [0.15, 0.2) is 45.5 Å². The number of hydrogen-bond donors (Lipinski definition) is 1. The van der Waals surface area contributed by atoms with Crippen molar-refractivity contribution in [2.24, 2.45) is 0 Å². The molecule has 0 atom stereocenters. The van der Waals surface area contributed by atoms with Crippen molar-refractivity contribution in [3.63, 3.8) is 0 Å². The zero-order valence-electron chi connectivity index (χ0n) is 13.5. The summed E-state index contributed by atoms with van der Waals surface area (Å²) in [7, 11) is 1.37. The van der Waals surface area contributed by atoms with E-state index in [1.54, 1.807) is 6.07 Å². The fourth-order valence-corrected chi connectivity index (χ4v) is 3.49. The van der Waals surface area contributed by atoms with Gasteiger partial charge in [-0.1, -0.05) is 28.1 Å². The molecule has 1 aliphatic rings. The molecule has 1 N–H and O–H groups in total. The summed E-state index contributed by atoms with van der Waals surface area (Å²) in [4.78, 5) is 11.8. The van der Waals surface area contributed by atoms with Gasteiger partial charge in [0, 0.05) is 23.2 Å². The van der Waals surface area contributed by atoms with E-state index < -0.39 is 0 Å². The first-order chi connectivity index (χ1) is 11.6. The van der Waals surface area contributed by atoms with E-state index in [1.807, 2.05) is 12.1 Å². The number of esters is 1. The minimum atomic E-state index is -0.385. The molecule has 0 radical (unpaired) electrons. The molecule has 0 unspecified atom stereocenters. The normalized spacial score (nSPS) is 16.8. The summed E-state index contributed by atoms with van der Waals surface area (Å²) in [6.45, 7) is 1.84. The van der Waals surface area contributed by atoms with Crippen LogP contribution in [0, 0.1) is 0 Å². The van der Waals surface area contributed by atoms with Crippen molar-refractivity contribution in [2.45, 2.75) is 24.9 Å². The van der Waals surface area contributed by atoms with E-state index in [4.69, 9.17) is 13.9 Å². The Bertz CT molecular complexity index is 707. The molecule has 1 fully saturated rings. The minimum Gasteiger partial charge on any atom is -0.467 e. The maximum Gasteiger partial charge on any atom is 0.341 e. The highest BCUT2D eigenvalue weighted by Gasteiger charge is 2.34. The Balaban J connectivity index is 1.83. The topological polar surface area (TPSA) is 60.7 Å². The van der Waals surface area contributed by atoms with Crippen LogP contribution in [-0.4, -0.2) is 26.3 Å². The molecule has 3 rings (SSSR count). The quantitative estimate of drug-likeness (QED) is 0.785. The first-order valence-corrected chi connectivity index (χ1v) is 8.67. The number of halogens is 1. The summed E-state index contributed by atoms with van der Waals surface area (Å²) < 4.78 is 16.9. The van der Waals surface area contributed by atoms with Crippen LogP contribution < -0.4 is 5.32 Å². The van der Waals surface area contributed by atoms with E-state index in [0.29, 0.717) is 31.1 Å². The number of carbonyl (C=O) groups excluding carboxylic acids is 1. The fraction of sp³-hybridized carbons (Fsp3) is 0.389. The third-order valence-corrected chi connectivity index (χ3v) is 4.95. The fourth-order valence-electron chi connectivity index (χ4n) is 3.09. The van der Waals surface area contributed by atoms with Gasteiger partial charge in [0.2, 0.25) is 0 Å². The lowest BCUT2D eigenvalue weighted by atomic mass is 9.82. The van der Waals surface area contributed by atoms with Crippen LogP contribution in [0.3, 0.4) is 0 Å². The second kappa shape index (κ2) is 7.51. The van der Waals surface area contributed by atoms with Crippen molar-refractivity contribution in [2.75, 3.05) is 20.3 Å². The number of carbonyl (C=O) groups is 1. The average molecular weight is 394 g/mol. The Hall–Kier alpha value is -1.63. The third kappa shape index (κ3) is 3.55. The van der Waals surface area contributed by atoms with Crippen LogP contribution in [-0.2, 0) is 21.6 Å². The first-order valence-electron chi connectivity index (χ1n) is 7.88. The van der Waals surface area contributed by atoms with Crippen molar-refractivity contribution in [1.82, 2.24) is 5.32 Å². The van der Waals surface area contributed by atoms with E-state index in [0.717, 1.165) is 17.3 Å². The van der Waals surface area contributed by atoms with Crippen LogP contribution in [0.4, 0.5) is 0 Å². The molecule has 1 aromatic heterocycles. The van der Waals surface area contributed by atoms with Gasteiger partial charge in [0.15, 0.2) is 0 Å². The van der Waals surface area contributed by atoms with Gasteiger partial charge >= 0.3 is 5.97 Å². The number of furan rings is 1. The number of benzene rings is 1. The summed E-state index contributed by atoms with van der Waals surface area (Å²) in [6, 6.07) is 9.93. The molecule has 2 heterocycles. The summed E-state index contributed by atoms with van der Waals surface area (Å²) >= 11 is 3.54. The van der Waals surface area contributed by atoms with Gasteiger partial charge in [-0.15, -0.1) is 0 Å². The number of ether oxygens (including phenoxy) is 2. The zero-order valence-corrected chi connectivity index (χ0v) is 15.1. The van der Waals surface area contributed by atoms with Crippen molar-refractivity contribution >= 4 is 21.9 Å². The van der Waals surface area contributed by atoms with Crippen LogP contribution in [0.25, 0.3) is 0 Å². The molecule has 1 aromatic carbocycles. The second-order valence-electron chi connectivity index (χ2n) is 5.81. The van der Waals surface area contributed by atoms with Crippen LogP contribution in [0.5, 0.6) is 0 Å². The third-order valence-electron chi connectivity index (χ3n) is 4.46. The zero-order chi connectivity index (χ0) is 17.0. The number of hydrogen-bond acceptors (Lipinski definition) is 5. The Kier molecular flexibility index (Phi) is 5.38. The summed E-state index contributed by atoms with van der Waals surface area (Å²) in [5, 5.41) is 3.60. The molecule has 0 saturated carbocycles. The van der Waals surface area contributed by atoms with Gasteiger partial charge in [0.1, 0.15) is 11.3 Å². The molecule has 5 nitrogen and oxygen atoms in total. The van der Waals surface area contributed by atoms with E-state index >= 15 is 0 Å². The van der Waals surface area contributed by atoms with Crippen molar-refractivity contribution in [3.8, 4) is 0 Å². The SMILES string of the molecule is COC(=O)c1ccoc1CNC1(c2cccc(Br)c2)CCOCC1. The predicted molar refractivity (Wildman–Crippen MR) is 92.8 cm³/mol. The molecule has 0 amide bonds. The smallest absolute Gasteiger partial charge is 0.341 e. The largest absolute Gasteiger partial charge is 0.467 e. The summed E-state index contributed by atoms with van der Waals surface area (Å²) in [5.74, 6) is 0.201. The van der Waals surface area contributed by atoms with Crippen molar-refractivity contribution in [3.05, 3.63) is 58.0 Å². The van der Waals surface area contributed by atoms with Crippen molar-refractivity contribution in [1.29, 1.82) is 0 Å². The molecule has 0 aliphatic carbocycles. The molecule has 2 aromatic rings. The lowest BCUT2D eigenvalue weighted by molar-refractivity contribution is 0.0348. The Morgan fingerprint density at radius 1 is 1.33 bits per heavy atom. The molecule has 128 valence electrons. The van der Waals surface area contributed by atoms with Gasteiger partial charge in [0.05, 0.1) is 19.9 Å². The Labute approximate surface area is 149 Å². The predicted octanol–water partition coefficient (Wildman–Crippen LogP) is 3.62. The molecular formula is C18H20BrNO4. The molecule has 0 bridgehead atoms. The highest BCUT2D eigenvalue weighted by atomic mass is 79.9. The van der Waals surface area contributed by atoms with E-state index in [-0.39, 0.29) is 11.5 Å². The van der Waals surface area contributed by atoms with E-state index in [9.17, 15) is 4.79 Å². The Morgan fingerprint density at radius 3 is 2.83 bits per heavy atom. The summed E-state index contributed by atoms with van der Waals surface area (Å²) in [6.07, 6.45) is 3.23. The average Bonchev–Trinajstić information content (AvgIpc) is 3.09. The molecule has 0 spiro atoms.